The Balaban J connectivity index is 2.23. The Bertz CT molecular complexity index is 563. The molecule has 0 radical (unpaired) electrons. The summed E-state index contributed by atoms with van der Waals surface area (Å²) >= 11 is 7.93. The van der Waals surface area contributed by atoms with Gasteiger partial charge in [0.1, 0.15) is 0 Å². The first-order valence-electron chi connectivity index (χ1n) is 5.94. The lowest BCUT2D eigenvalue weighted by Gasteiger charge is -2.16. The van der Waals surface area contributed by atoms with E-state index in [1.807, 2.05) is 19.1 Å². The van der Waals surface area contributed by atoms with Crippen LogP contribution >= 0.6 is 22.9 Å². The number of rotatable bonds is 3. The summed E-state index contributed by atoms with van der Waals surface area (Å²) < 4.78 is 0. The minimum absolute atomic E-state index is 0.218. The number of aryl methyl sites for hydroxylation is 3. The van der Waals surface area contributed by atoms with Crippen LogP contribution in [0.1, 0.15) is 34.1 Å². The standard InChI is InChI=1S/C14H17ClN2S/c1-8-5-6-12(15)13(7-8)17-10(3)14-9(2)16-11(4)18-14/h5-7,10,17H,1-4H3. The molecule has 2 nitrogen and oxygen atoms in total. The normalized spacial score (nSPS) is 12.5. The van der Waals surface area contributed by atoms with E-state index in [4.69, 9.17) is 11.6 Å². The van der Waals surface area contributed by atoms with Crippen molar-refractivity contribution in [2.75, 3.05) is 5.32 Å². The maximum absolute atomic E-state index is 6.20. The van der Waals surface area contributed by atoms with Crippen molar-refractivity contribution < 1.29 is 0 Å². The number of halogens is 1. The first-order chi connectivity index (χ1) is 8.47. The molecule has 0 fully saturated rings. The first-order valence-corrected chi connectivity index (χ1v) is 7.13. The molecule has 2 rings (SSSR count). The highest BCUT2D eigenvalue weighted by atomic mass is 35.5. The molecule has 1 heterocycles. The second-order valence-corrected chi connectivity index (χ2v) is 6.17. The molecule has 0 saturated carbocycles. The predicted octanol–water partition coefficient (Wildman–Crippen LogP) is 4.89. The van der Waals surface area contributed by atoms with E-state index in [0.29, 0.717) is 0 Å². The van der Waals surface area contributed by atoms with E-state index in [2.05, 4.69) is 37.1 Å². The monoisotopic (exact) mass is 280 g/mol. The van der Waals surface area contributed by atoms with Crippen LogP contribution in [0.25, 0.3) is 0 Å². The van der Waals surface area contributed by atoms with E-state index in [1.54, 1.807) is 11.3 Å². The summed E-state index contributed by atoms with van der Waals surface area (Å²) in [6.45, 7) is 8.29. The number of hydrogen-bond donors (Lipinski definition) is 1. The molecule has 1 unspecified atom stereocenters. The van der Waals surface area contributed by atoms with Crippen LogP contribution in [0.4, 0.5) is 5.69 Å². The summed E-state index contributed by atoms with van der Waals surface area (Å²) in [6.07, 6.45) is 0. The Morgan fingerprint density at radius 2 is 2.00 bits per heavy atom. The van der Waals surface area contributed by atoms with Crippen LogP contribution in [-0.2, 0) is 0 Å². The Kier molecular flexibility index (Phi) is 3.93. The lowest BCUT2D eigenvalue weighted by Crippen LogP contribution is -2.06. The van der Waals surface area contributed by atoms with Crippen LogP contribution in [-0.4, -0.2) is 4.98 Å². The van der Waals surface area contributed by atoms with Crippen molar-refractivity contribution in [1.82, 2.24) is 4.98 Å². The van der Waals surface area contributed by atoms with E-state index in [9.17, 15) is 0 Å². The summed E-state index contributed by atoms with van der Waals surface area (Å²) in [5.41, 5.74) is 3.28. The highest BCUT2D eigenvalue weighted by Gasteiger charge is 2.13. The van der Waals surface area contributed by atoms with Crippen LogP contribution < -0.4 is 5.32 Å². The molecule has 0 bridgehead atoms. The molecule has 18 heavy (non-hydrogen) atoms. The second-order valence-electron chi connectivity index (χ2n) is 4.53. The molecular weight excluding hydrogens is 264 g/mol. The quantitative estimate of drug-likeness (QED) is 0.865. The van der Waals surface area contributed by atoms with Crippen molar-refractivity contribution in [3.8, 4) is 0 Å². The molecule has 0 saturated heterocycles. The van der Waals surface area contributed by atoms with Crippen molar-refractivity contribution in [3.05, 3.63) is 44.4 Å². The minimum atomic E-state index is 0.218. The molecule has 0 aliphatic heterocycles. The van der Waals surface area contributed by atoms with E-state index in [-0.39, 0.29) is 6.04 Å². The number of benzene rings is 1. The van der Waals surface area contributed by atoms with E-state index >= 15 is 0 Å². The SMILES string of the molecule is Cc1ccc(Cl)c(NC(C)c2sc(C)nc2C)c1. The largest absolute Gasteiger partial charge is 0.376 e. The van der Waals surface area contributed by atoms with Gasteiger partial charge in [0.2, 0.25) is 0 Å². The third-order valence-corrected chi connectivity index (χ3v) is 4.41. The molecule has 96 valence electrons. The maximum Gasteiger partial charge on any atom is 0.0900 e. The lowest BCUT2D eigenvalue weighted by atomic mass is 10.2. The van der Waals surface area contributed by atoms with Crippen LogP contribution in [0.5, 0.6) is 0 Å². The highest BCUT2D eigenvalue weighted by molar-refractivity contribution is 7.11. The van der Waals surface area contributed by atoms with Gasteiger partial charge in [-0.25, -0.2) is 4.98 Å². The van der Waals surface area contributed by atoms with Gasteiger partial charge in [0.05, 0.1) is 27.5 Å². The Morgan fingerprint density at radius 1 is 1.28 bits per heavy atom. The Hall–Kier alpha value is -1.06. The van der Waals surface area contributed by atoms with Crippen LogP contribution in [0.2, 0.25) is 5.02 Å². The smallest absolute Gasteiger partial charge is 0.0900 e. The first kappa shape index (κ1) is 13.4. The average molecular weight is 281 g/mol. The minimum Gasteiger partial charge on any atom is -0.376 e. The summed E-state index contributed by atoms with van der Waals surface area (Å²) in [6, 6.07) is 6.23. The molecular formula is C14H17ClN2S. The number of hydrogen-bond acceptors (Lipinski definition) is 3. The fraction of sp³-hybridized carbons (Fsp3) is 0.357. The van der Waals surface area contributed by atoms with Gasteiger partial charge < -0.3 is 5.32 Å². The third kappa shape index (κ3) is 2.85. The molecule has 1 atom stereocenters. The van der Waals surface area contributed by atoms with Gasteiger partial charge in [-0.1, -0.05) is 17.7 Å². The summed E-state index contributed by atoms with van der Waals surface area (Å²) in [4.78, 5) is 5.73. The Labute approximate surface area is 117 Å². The summed E-state index contributed by atoms with van der Waals surface area (Å²) in [5.74, 6) is 0. The van der Waals surface area contributed by atoms with E-state index in [0.717, 1.165) is 21.4 Å². The fourth-order valence-corrected chi connectivity index (χ4v) is 3.10. The predicted molar refractivity (Wildman–Crippen MR) is 79.8 cm³/mol. The average Bonchev–Trinajstić information content (AvgIpc) is 2.63. The molecule has 0 aliphatic carbocycles. The van der Waals surface area contributed by atoms with Gasteiger partial charge in [0, 0.05) is 4.88 Å². The van der Waals surface area contributed by atoms with Gasteiger partial charge in [0.25, 0.3) is 0 Å². The number of nitrogens with zero attached hydrogens (tertiary/aromatic N) is 1. The van der Waals surface area contributed by atoms with Crippen LogP contribution in [0.3, 0.4) is 0 Å². The molecule has 2 aromatic rings. The van der Waals surface area contributed by atoms with Crippen molar-refractivity contribution in [1.29, 1.82) is 0 Å². The van der Waals surface area contributed by atoms with Crippen LogP contribution in [0, 0.1) is 20.8 Å². The lowest BCUT2D eigenvalue weighted by molar-refractivity contribution is 0.889. The van der Waals surface area contributed by atoms with E-state index in [1.165, 1.54) is 10.4 Å². The zero-order chi connectivity index (χ0) is 13.3. The number of nitrogens with one attached hydrogen (secondary N) is 1. The van der Waals surface area contributed by atoms with Gasteiger partial charge in [-0.15, -0.1) is 11.3 Å². The molecule has 0 aliphatic rings. The number of aromatic nitrogens is 1. The van der Waals surface area contributed by atoms with Crippen molar-refractivity contribution >= 4 is 28.6 Å². The molecule has 1 aromatic heterocycles. The number of thiazole rings is 1. The van der Waals surface area contributed by atoms with Gasteiger partial charge in [0.15, 0.2) is 0 Å². The van der Waals surface area contributed by atoms with Gasteiger partial charge in [-0.2, -0.15) is 0 Å². The second kappa shape index (κ2) is 5.29. The molecule has 4 heteroatoms. The molecule has 1 aromatic carbocycles. The van der Waals surface area contributed by atoms with Crippen molar-refractivity contribution in [2.24, 2.45) is 0 Å². The van der Waals surface area contributed by atoms with Crippen molar-refractivity contribution in [2.45, 2.75) is 33.7 Å². The fourth-order valence-electron chi connectivity index (χ4n) is 2.00. The summed E-state index contributed by atoms with van der Waals surface area (Å²) in [5, 5.41) is 5.32. The third-order valence-electron chi connectivity index (χ3n) is 2.83. The van der Waals surface area contributed by atoms with Crippen molar-refractivity contribution in [3.63, 3.8) is 0 Å². The van der Waals surface area contributed by atoms with Gasteiger partial charge >= 0.3 is 0 Å². The zero-order valence-electron chi connectivity index (χ0n) is 11.0. The molecule has 0 amide bonds. The van der Waals surface area contributed by atoms with Gasteiger partial charge in [-0.3, -0.25) is 0 Å². The number of anilines is 1. The molecule has 0 spiro atoms. The van der Waals surface area contributed by atoms with Crippen LogP contribution in [0.15, 0.2) is 18.2 Å². The van der Waals surface area contributed by atoms with E-state index < -0.39 is 0 Å². The topological polar surface area (TPSA) is 24.9 Å². The Morgan fingerprint density at radius 3 is 2.61 bits per heavy atom. The summed E-state index contributed by atoms with van der Waals surface area (Å²) in [7, 11) is 0. The zero-order valence-corrected chi connectivity index (χ0v) is 12.6. The highest BCUT2D eigenvalue weighted by Crippen LogP contribution is 2.30. The maximum atomic E-state index is 6.20. The van der Waals surface area contributed by atoms with Gasteiger partial charge in [-0.05, 0) is 45.4 Å². The molecule has 1 N–H and O–H groups in total.